The minimum absolute atomic E-state index is 0.0664. The fourth-order valence-electron chi connectivity index (χ4n) is 2.44. The summed E-state index contributed by atoms with van der Waals surface area (Å²) >= 11 is 0. The van der Waals surface area contributed by atoms with Gasteiger partial charge in [0, 0.05) is 5.56 Å². The molecule has 0 spiro atoms. The van der Waals surface area contributed by atoms with E-state index < -0.39 is 0 Å². The maximum atomic E-state index is 12.3. The van der Waals surface area contributed by atoms with Gasteiger partial charge in [0.25, 0.3) is 5.91 Å². The fraction of sp³-hybridized carbons (Fsp3) is 0.333. The van der Waals surface area contributed by atoms with Crippen LogP contribution in [0.5, 0.6) is 5.75 Å². The number of benzene rings is 2. The normalized spacial score (nSPS) is 12.0. The van der Waals surface area contributed by atoms with Gasteiger partial charge in [0.15, 0.2) is 0 Å². The minimum Gasteiger partial charge on any atom is -0.497 e. The highest BCUT2D eigenvalue weighted by Crippen LogP contribution is 2.22. The van der Waals surface area contributed by atoms with Gasteiger partial charge < -0.3 is 4.74 Å². The molecule has 0 unspecified atom stereocenters. The van der Waals surface area contributed by atoms with Gasteiger partial charge in [-0.15, -0.1) is 0 Å². The summed E-state index contributed by atoms with van der Waals surface area (Å²) in [6, 6.07) is 15.3. The van der Waals surface area contributed by atoms with Gasteiger partial charge in [-0.3, -0.25) is 4.79 Å². The Labute approximate surface area is 149 Å². The molecule has 0 atom stereocenters. The van der Waals surface area contributed by atoms with Gasteiger partial charge in [-0.1, -0.05) is 39.8 Å². The van der Waals surface area contributed by atoms with Crippen LogP contribution in [0, 0.1) is 0 Å². The zero-order valence-corrected chi connectivity index (χ0v) is 15.6. The Kier molecular flexibility index (Phi) is 5.97. The van der Waals surface area contributed by atoms with Crippen LogP contribution in [-0.2, 0) is 5.41 Å². The third-order valence-corrected chi connectivity index (χ3v) is 4.06. The Morgan fingerprint density at radius 2 is 1.56 bits per heavy atom. The topological polar surface area (TPSA) is 50.7 Å². The number of ether oxygens (including phenoxy) is 1. The van der Waals surface area contributed by atoms with Crippen molar-refractivity contribution in [1.29, 1.82) is 0 Å². The van der Waals surface area contributed by atoms with Crippen molar-refractivity contribution in [2.24, 2.45) is 5.10 Å². The van der Waals surface area contributed by atoms with Crippen molar-refractivity contribution in [3.8, 4) is 5.75 Å². The van der Waals surface area contributed by atoms with Crippen LogP contribution in [0.2, 0.25) is 0 Å². The molecule has 0 saturated carbocycles. The number of carbonyl (C=O) groups is 1. The molecule has 1 amide bonds. The minimum atomic E-state index is -0.208. The first-order valence-electron chi connectivity index (χ1n) is 8.47. The van der Waals surface area contributed by atoms with Crippen LogP contribution in [0.15, 0.2) is 53.6 Å². The predicted molar refractivity (Wildman–Crippen MR) is 102 cm³/mol. The highest BCUT2D eigenvalue weighted by atomic mass is 16.5. The third-order valence-electron chi connectivity index (χ3n) is 4.06. The van der Waals surface area contributed by atoms with Crippen molar-refractivity contribution in [3.05, 3.63) is 65.2 Å². The number of nitrogens with one attached hydrogen (secondary N) is 1. The molecule has 4 heteroatoms. The monoisotopic (exact) mass is 338 g/mol. The molecule has 0 aliphatic carbocycles. The summed E-state index contributed by atoms with van der Waals surface area (Å²) in [7, 11) is 1.63. The van der Waals surface area contributed by atoms with Crippen LogP contribution in [0.1, 0.15) is 55.6 Å². The maximum absolute atomic E-state index is 12.3. The quantitative estimate of drug-likeness (QED) is 0.643. The number of hydrazone groups is 1. The predicted octanol–water partition coefficient (Wildman–Crippen LogP) is 4.54. The maximum Gasteiger partial charge on any atom is 0.271 e. The van der Waals surface area contributed by atoms with E-state index in [9.17, 15) is 4.79 Å². The van der Waals surface area contributed by atoms with Gasteiger partial charge in [0.2, 0.25) is 0 Å². The summed E-state index contributed by atoms with van der Waals surface area (Å²) in [5, 5.41) is 4.29. The number of hydrogen-bond donors (Lipinski definition) is 1. The molecule has 0 heterocycles. The Morgan fingerprint density at radius 3 is 2.04 bits per heavy atom. The van der Waals surface area contributed by atoms with Crippen LogP contribution in [-0.4, -0.2) is 18.7 Å². The number of amides is 1. The third kappa shape index (κ3) is 4.92. The lowest BCUT2D eigenvalue weighted by Crippen LogP contribution is -2.20. The molecular weight excluding hydrogens is 312 g/mol. The lowest BCUT2D eigenvalue weighted by molar-refractivity contribution is 0.0954. The van der Waals surface area contributed by atoms with Gasteiger partial charge in [0.05, 0.1) is 12.8 Å². The zero-order chi connectivity index (χ0) is 18.4. The highest BCUT2D eigenvalue weighted by Gasteiger charge is 2.14. The summed E-state index contributed by atoms with van der Waals surface area (Å²) < 4.78 is 5.16. The van der Waals surface area contributed by atoms with E-state index in [0.717, 1.165) is 23.4 Å². The average molecular weight is 338 g/mol. The molecule has 0 aromatic heterocycles. The Bertz CT molecular complexity index is 739. The molecular formula is C21H26N2O2. The molecule has 2 rings (SSSR count). The van der Waals surface area contributed by atoms with E-state index in [0.29, 0.717) is 5.56 Å². The lowest BCUT2D eigenvalue weighted by Gasteiger charge is -2.18. The number of nitrogens with zero attached hydrogens (tertiary/aromatic N) is 1. The second kappa shape index (κ2) is 7.97. The molecule has 132 valence electrons. The number of methoxy groups -OCH3 is 1. The molecule has 0 radical (unpaired) electrons. The second-order valence-electron chi connectivity index (χ2n) is 6.91. The molecule has 0 saturated heterocycles. The smallest absolute Gasteiger partial charge is 0.271 e. The highest BCUT2D eigenvalue weighted by molar-refractivity contribution is 6.02. The van der Waals surface area contributed by atoms with Crippen LogP contribution in [0.4, 0.5) is 0 Å². The number of carbonyl (C=O) groups excluding carboxylic acids is 1. The molecule has 0 aliphatic rings. The van der Waals surface area contributed by atoms with Crippen molar-refractivity contribution in [2.75, 3.05) is 7.11 Å². The molecule has 0 bridgehead atoms. The Hall–Kier alpha value is -2.62. The van der Waals surface area contributed by atoms with E-state index >= 15 is 0 Å². The molecule has 1 N–H and O–H groups in total. The number of rotatable bonds is 5. The van der Waals surface area contributed by atoms with E-state index in [1.54, 1.807) is 7.11 Å². The molecule has 2 aromatic carbocycles. The first-order valence-corrected chi connectivity index (χ1v) is 8.47. The molecule has 25 heavy (non-hydrogen) atoms. The Morgan fingerprint density at radius 1 is 1.00 bits per heavy atom. The second-order valence-corrected chi connectivity index (χ2v) is 6.91. The Balaban J connectivity index is 2.11. The van der Waals surface area contributed by atoms with Gasteiger partial charge in [-0.05, 0) is 59.4 Å². The summed E-state index contributed by atoms with van der Waals surface area (Å²) in [5.74, 6) is 0.585. The first kappa shape index (κ1) is 18.7. The van der Waals surface area contributed by atoms with E-state index in [1.165, 1.54) is 5.56 Å². The van der Waals surface area contributed by atoms with Crippen LogP contribution >= 0.6 is 0 Å². The van der Waals surface area contributed by atoms with E-state index in [-0.39, 0.29) is 11.3 Å². The van der Waals surface area contributed by atoms with Crippen LogP contribution < -0.4 is 10.2 Å². The summed E-state index contributed by atoms with van der Waals surface area (Å²) in [5.41, 5.74) is 6.30. The molecule has 2 aromatic rings. The van der Waals surface area contributed by atoms with Crippen LogP contribution in [0.25, 0.3) is 0 Å². The van der Waals surface area contributed by atoms with Crippen molar-refractivity contribution >= 4 is 11.6 Å². The summed E-state index contributed by atoms with van der Waals surface area (Å²) in [6.45, 7) is 8.45. The first-order chi connectivity index (χ1) is 11.8. The number of hydrogen-bond acceptors (Lipinski definition) is 3. The lowest BCUT2D eigenvalue weighted by atomic mass is 9.87. The van der Waals surface area contributed by atoms with Crippen molar-refractivity contribution in [1.82, 2.24) is 5.43 Å². The molecule has 4 nitrogen and oxygen atoms in total. The molecule has 0 fully saturated rings. The van der Waals surface area contributed by atoms with E-state index in [4.69, 9.17) is 4.74 Å². The van der Waals surface area contributed by atoms with E-state index in [1.807, 2.05) is 55.5 Å². The van der Waals surface area contributed by atoms with Gasteiger partial charge in [-0.25, -0.2) is 5.43 Å². The standard InChI is InChI=1S/C21H26N2O2/c1-6-19(15-9-13-18(25-5)14-10-15)22-23-20(24)16-7-11-17(12-8-16)21(2,3)4/h7-14H,6H2,1-5H3,(H,23,24). The fourth-order valence-corrected chi connectivity index (χ4v) is 2.44. The SMILES string of the molecule is CCC(=NNC(=O)c1ccc(C(C)(C)C)cc1)c1ccc(OC)cc1. The summed E-state index contributed by atoms with van der Waals surface area (Å²) in [6.07, 6.45) is 0.718. The average Bonchev–Trinajstić information content (AvgIpc) is 2.62. The van der Waals surface area contributed by atoms with E-state index in [2.05, 4.69) is 31.3 Å². The van der Waals surface area contributed by atoms with Crippen molar-refractivity contribution in [2.45, 2.75) is 39.5 Å². The zero-order valence-electron chi connectivity index (χ0n) is 15.6. The van der Waals surface area contributed by atoms with Gasteiger partial charge in [-0.2, -0.15) is 5.10 Å². The van der Waals surface area contributed by atoms with Crippen molar-refractivity contribution in [3.63, 3.8) is 0 Å². The molecule has 0 aliphatic heterocycles. The largest absolute Gasteiger partial charge is 0.497 e. The van der Waals surface area contributed by atoms with Gasteiger partial charge >= 0.3 is 0 Å². The van der Waals surface area contributed by atoms with Crippen LogP contribution in [0.3, 0.4) is 0 Å². The summed E-state index contributed by atoms with van der Waals surface area (Å²) in [4.78, 5) is 12.3. The van der Waals surface area contributed by atoms with Crippen molar-refractivity contribution < 1.29 is 9.53 Å². The van der Waals surface area contributed by atoms with Gasteiger partial charge in [0.1, 0.15) is 5.75 Å².